The Bertz CT molecular complexity index is 1080. The maximum atomic E-state index is 14.6. The number of rotatable bonds is 7. The highest BCUT2D eigenvalue weighted by molar-refractivity contribution is 7.19. The van der Waals surface area contributed by atoms with E-state index in [0.717, 1.165) is 11.3 Å². The molecule has 0 saturated heterocycles. The summed E-state index contributed by atoms with van der Waals surface area (Å²) in [4.78, 5) is 27.3. The molecule has 2 heterocycles. The lowest BCUT2D eigenvalue weighted by Crippen LogP contribution is -2.11. The number of nitrogens with zero attached hydrogens (tertiary/aromatic N) is 1. The maximum absolute atomic E-state index is 14.6. The summed E-state index contributed by atoms with van der Waals surface area (Å²) in [5, 5.41) is 21.7. The molecule has 3 rings (SSSR count). The fraction of sp³-hybridized carbons (Fsp3) is 0.150. The van der Waals surface area contributed by atoms with Gasteiger partial charge in [0.15, 0.2) is 5.69 Å². The first kappa shape index (κ1) is 20.4. The van der Waals surface area contributed by atoms with Crippen molar-refractivity contribution in [2.75, 3.05) is 5.32 Å². The van der Waals surface area contributed by atoms with Crippen LogP contribution in [0.3, 0.4) is 0 Å². The third-order valence-corrected chi connectivity index (χ3v) is 5.12. The molecule has 0 aliphatic rings. The van der Waals surface area contributed by atoms with Crippen molar-refractivity contribution in [3.05, 3.63) is 65.1 Å². The van der Waals surface area contributed by atoms with Crippen LogP contribution in [0.25, 0.3) is 10.4 Å². The number of aliphatic hydroxyl groups excluding tert-OH is 1. The van der Waals surface area contributed by atoms with Gasteiger partial charge in [-0.15, -0.1) is 11.3 Å². The number of carbonyl (C=O) groups is 2. The number of amides is 1. The summed E-state index contributed by atoms with van der Waals surface area (Å²) in [5.41, 5.74) is 6.36. The van der Waals surface area contributed by atoms with E-state index in [1.807, 2.05) is 0 Å². The van der Waals surface area contributed by atoms with Crippen molar-refractivity contribution in [3.8, 4) is 10.4 Å². The highest BCUT2D eigenvalue weighted by Crippen LogP contribution is 2.38. The lowest BCUT2D eigenvalue weighted by atomic mass is 10.0. The quantitative estimate of drug-likeness (QED) is 0.469. The Kier molecular flexibility index (Phi) is 5.90. The molecular weight excluding hydrogens is 397 g/mol. The van der Waals surface area contributed by atoms with E-state index >= 15 is 0 Å². The number of primary amides is 1. The topological polar surface area (TPSA) is 126 Å². The van der Waals surface area contributed by atoms with Crippen LogP contribution >= 0.6 is 11.3 Å². The van der Waals surface area contributed by atoms with Crippen LogP contribution in [-0.4, -0.2) is 33.2 Å². The molecule has 2 aromatic heterocycles. The van der Waals surface area contributed by atoms with E-state index < -0.39 is 23.8 Å². The number of aromatic nitrogens is 1. The fourth-order valence-electron chi connectivity index (χ4n) is 2.77. The third-order valence-electron chi connectivity index (χ3n) is 4.04. The van der Waals surface area contributed by atoms with E-state index in [-0.39, 0.29) is 22.6 Å². The van der Waals surface area contributed by atoms with E-state index in [4.69, 9.17) is 10.8 Å². The highest BCUT2D eigenvalue weighted by atomic mass is 32.1. The summed E-state index contributed by atoms with van der Waals surface area (Å²) in [6.07, 6.45) is -0.264. The minimum absolute atomic E-state index is 0.139. The number of nitrogens with one attached hydrogen (secondary N) is 1. The van der Waals surface area contributed by atoms with Crippen LogP contribution in [0.4, 0.5) is 15.2 Å². The summed E-state index contributed by atoms with van der Waals surface area (Å²) in [7, 11) is 0. The number of thiophene rings is 1. The van der Waals surface area contributed by atoms with E-state index in [9.17, 15) is 19.1 Å². The van der Waals surface area contributed by atoms with E-state index in [2.05, 4.69) is 10.3 Å². The summed E-state index contributed by atoms with van der Waals surface area (Å²) < 4.78 is 14.6. The number of carboxylic acids is 1. The number of aliphatic hydroxyl groups is 1. The van der Waals surface area contributed by atoms with Crippen LogP contribution in [0.5, 0.6) is 0 Å². The zero-order valence-electron chi connectivity index (χ0n) is 15.3. The standard InChI is InChI=1S/C20H18FN3O4S/c1-10(25)7-11-5-6-12(14(21)8-11)16-9-13(18(22)26)19(29-16)24-17-4-2-3-15(23-17)20(27)28/h2-6,8-10,25H,7H2,1H3,(H2,22,26)(H,23,24)(H,27,28). The van der Waals surface area contributed by atoms with Gasteiger partial charge in [0.05, 0.1) is 11.7 Å². The average molecular weight is 415 g/mol. The van der Waals surface area contributed by atoms with Gasteiger partial charge in [0, 0.05) is 10.4 Å². The van der Waals surface area contributed by atoms with Gasteiger partial charge in [0.2, 0.25) is 0 Å². The Balaban J connectivity index is 1.96. The first-order chi connectivity index (χ1) is 13.7. The fourth-order valence-corrected chi connectivity index (χ4v) is 3.86. The zero-order chi connectivity index (χ0) is 21.1. The molecule has 9 heteroatoms. The number of pyridine rings is 1. The smallest absolute Gasteiger partial charge is 0.354 e. The van der Waals surface area contributed by atoms with Crippen LogP contribution in [0.15, 0.2) is 42.5 Å². The van der Waals surface area contributed by atoms with Gasteiger partial charge < -0.3 is 21.3 Å². The highest BCUT2D eigenvalue weighted by Gasteiger charge is 2.18. The minimum Gasteiger partial charge on any atom is -0.477 e. The van der Waals surface area contributed by atoms with Crippen molar-refractivity contribution in [2.45, 2.75) is 19.4 Å². The number of benzene rings is 1. The molecule has 0 radical (unpaired) electrons. The first-order valence-corrected chi connectivity index (χ1v) is 9.44. The van der Waals surface area contributed by atoms with Crippen molar-refractivity contribution in [3.63, 3.8) is 0 Å². The molecule has 0 spiro atoms. The lowest BCUT2D eigenvalue weighted by molar-refractivity contribution is 0.0690. The van der Waals surface area contributed by atoms with Gasteiger partial charge >= 0.3 is 5.97 Å². The van der Waals surface area contributed by atoms with Crippen LogP contribution in [0.2, 0.25) is 0 Å². The molecule has 0 aliphatic carbocycles. The second-order valence-corrected chi connectivity index (χ2v) is 7.48. The summed E-state index contributed by atoms with van der Waals surface area (Å²) >= 11 is 1.10. The number of nitrogens with two attached hydrogens (primary N) is 1. The number of anilines is 2. The molecule has 1 aromatic carbocycles. The molecule has 0 bridgehead atoms. The Morgan fingerprint density at radius 1 is 1.28 bits per heavy atom. The van der Waals surface area contributed by atoms with Gasteiger partial charge in [-0.05, 0) is 43.2 Å². The van der Waals surface area contributed by atoms with Crippen molar-refractivity contribution < 1.29 is 24.2 Å². The normalized spacial score (nSPS) is 11.8. The summed E-state index contributed by atoms with van der Waals surface area (Å²) in [6.45, 7) is 1.62. The molecule has 7 nitrogen and oxygen atoms in total. The molecule has 0 saturated carbocycles. The molecule has 0 fully saturated rings. The molecule has 1 amide bonds. The number of carbonyl (C=O) groups excluding carboxylic acids is 1. The SMILES string of the molecule is CC(O)Cc1ccc(-c2cc(C(N)=O)c(Nc3cccc(C(=O)O)n3)s2)c(F)c1. The maximum Gasteiger partial charge on any atom is 0.354 e. The second-order valence-electron chi connectivity index (χ2n) is 6.42. The van der Waals surface area contributed by atoms with Crippen molar-refractivity contribution in [1.29, 1.82) is 0 Å². The predicted octanol–water partition coefficient (Wildman–Crippen LogP) is 3.41. The van der Waals surface area contributed by atoms with Gasteiger partial charge in [0.1, 0.15) is 16.6 Å². The Morgan fingerprint density at radius 3 is 2.66 bits per heavy atom. The van der Waals surface area contributed by atoms with Gasteiger partial charge in [-0.1, -0.05) is 18.2 Å². The van der Waals surface area contributed by atoms with Crippen LogP contribution in [0, 0.1) is 5.82 Å². The number of carboxylic acid groups (broad SMARTS) is 1. The van der Waals surface area contributed by atoms with Crippen molar-refractivity contribution >= 4 is 34.0 Å². The number of halogens is 1. The number of hydrogen-bond acceptors (Lipinski definition) is 6. The van der Waals surface area contributed by atoms with Crippen molar-refractivity contribution in [1.82, 2.24) is 4.98 Å². The molecule has 29 heavy (non-hydrogen) atoms. The van der Waals surface area contributed by atoms with E-state index in [1.165, 1.54) is 24.3 Å². The molecule has 1 unspecified atom stereocenters. The van der Waals surface area contributed by atoms with Crippen LogP contribution < -0.4 is 11.1 Å². The predicted molar refractivity (Wildman–Crippen MR) is 108 cm³/mol. The Hall–Kier alpha value is -3.30. The largest absolute Gasteiger partial charge is 0.477 e. The van der Waals surface area contributed by atoms with Crippen molar-refractivity contribution in [2.24, 2.45) is 5.73 Å². The van der Waals surface area contributed by atoms with Crippen LogP contribution in [-0.2, 0) is 6.42 Å². The monoisotopic (exact) mass is 415 g/mol. The van der Waals surface area contributed by atoms with Crippen LogP contribution in [0.1, 0.15) is 33.3 Å². The van der Waals surface area contributed by atoms with Gasteiger partial charge in [0.25, 0.3) is 5.91 Å². The van der Waals surface area contributed by atoms with E-state index in [1.54, 1.807) is 25.1 Å². The molecule has 3 aromatic rings. The molecule has 1 atom stereocenters. The Labute approximate surface area is 169 Å². The van der Waals surface area contributed by atoms with Gasteiger partial charge in [-0.25, -0.2) is 14.2 Å². The molecule has 5 N–H and O–H groups in total. The number of hydrogen-bond donors (Lipinski definition) is 4. The first-order valence-electron chi connectivity index (χ1n) is 8.62. The van der Waals surface area contributed by atoms with E-state index in [0.29, 0.717) is 21.9 Å². The second kappa shape index (κ2) is 8.38. The molecule has 150 valence electrons. The minimum atomic E-state index is -1.19. The zero-order valence-corrected chi connectivity index (χ0v) is 16.2. The third kappa shape index (κ3) is 4.76. The number of aromatic carboxylic acids is 1. The lowest BCUT2D eigenvalue weighted by Gasteiger charge is -2.07. The summed E-state index contributed by atoms with van der Waals surface area (Å²) in [6, 6.07) is 10.5. The summed E-state index contributed by atoms with van der Waals surface area (Å²) in [5.74, 6) is -2.17. The molecule has 0 aliphatic heterocycles. The van der Waals surface area contributed by atoms with Gasteiger partial charge in [-0.2, -0.15) is 0 Å². The average Bonchev–Trinajstić information content (AvgIpc) is 3.05. The Morgan fingerprint density at radius 2 is 2.03 bits per heavy atom. The molecular formula is C20H18FN3O4S. The van der Waals surface area contributed by atoms with Gasteiger partial charge in [-0.3, -0.25) is 4.79 Å².